The van der Waals surface area contributed by atoms with E-state index >= 15 is 0 Å². The van der Waals surface area contributed by atoms with Crippen molar-refractivity contribution >= 4 is 0 Å². The van der Waals surface area contributed by atoms with E-state index in [1.54, 1.807) is 0 Å². The second-order valence-corrected chi connectivity index (χ2v) is 5.98. The maximum Gasteiger partial charge on any atom is 0.244 e. The van der Waals surface area contributed by atoms with Gasteiger partial charge in [0.25, 0.3) is 0 Å². The Morgan fingerprint density at radius 3 is 1.96 bits per heavy atom. The maximum absolute atomic E-state index is 2.33. The first-order valence-electron chi connectivity index (χ1n) is 8.51. The molecule has 2 atom stereocenters. The first-order valence-corrected chi connectivity index (χ1v) is 8.51. The lowest BCUT2D eigenvalue weighted by molar-refractivity contribution is -0.713. The summed E-state index contributed by atoms with van der Waals surface area (Å²) in [6, 6.07) is 22.3. The third kappa shape index (κ3) is 3.88. The molecule has 0 spiro atoms. The Morgan fingerprint density at radius 1 is 0.833 bits per heavy atom. The molecule has 0 amide bonds. The minimum Gasteiger partial charge on any atom is -1.00 e. The molecule has 0 fully saturated rings. The van der Waals surface area contributed by atoms with Crippen molar-refractivity contribution in [2.45, 2.75) is 38.8 Å². The minimum atomic E-state index is 0. The normalized spacial score (nSPS) is 13.1. The van der Waals surface area contributed by atoms with Gasteiger partial charge in [0.1, 0.15) is 24.5 Å². The number of benzene rings is 2. The highest BCUT2D eigenvalue weighted by atomic mass is 35.5. The Labute approximate surface area is 151 Å². The summed E-state index contributed by atoms with van der Waals surface area (Å²) in [6.45, 7) is 4.49. The molecule has 2 nitrogen and oxygen atoms in total. The highest BCUT2D eigenvalue weighted by molar-refractivity contribution is 5.20. The third-order valence-electron chi connectivity index (χ3n) is 4.54. The molecular weight excluding hydrogens is 316 g/mol. The second-order valence-electron chi connectivity index (χ2n) is 5.98. The SMILES string of the molecule is CCC(c1ccccc1)n1cc[n+](C(CC)c2ccccc2)c1.[Cl-]. The van der Waals surface area contributed by atoms with Gasteiger partial charge in [-0.3, -0.25) is 0 Å². The summed E-state index contributed by atoms with van der Waals surface area (Å²) in [6.07, 6.45) is 8.82. The Bertz CT molecular complexity index is 660. The van der Waals surface area contributed by atoms with E-state index < -0.39 is 0 Å². The molecule has 0 saturated heterocycles. The summed E-state index contributed by atoms with van der Waals surface area (Å²) < 4.78 is 4.67. The van der Waals surface area contributed by atoms with Crippen LogP contribution in [0.5, 0.6) is 0 Å². The van der Waals surface area contributed by atoms with Crippen molar-refractivity contribution in [1.29, 1.82) is 0 Å². The molecule has 2 unspecified atom stereocenters. The average Bonchev–Trinajstić information content (AvgIpc) is 3.08. The highest BCUT2D eigenvalue weighted by Crippen LogP contribution is 2.22. The number of nitrogens with zero attached hydrogens (tertiary/aromatic N) is 2. The summed E-state index contributed by atoms with van der Waals surface area (Å²) in [5, 5.41) is 0. The fraction of sp³-hybridized carbons (Fsp3) is 0.286. The van der Waals surface area contributed by atoms with Crippen LogP contribution in [-0.4, -0.2) is 4.57 Å². The van der Waals surface area contributed by atoms with Crippen LogP contribution in [0.3, 0.4) is 0 Å². The van der Waals surface area contributed by atoms with E-state index in [2.05, 4.69) is 102 Å². The summed E-state index contributed by atoms with van der Waals surface area (Å²) >= 11 is 0. The largest absolute Gasteiger partial charge is 1.00 e. The van der Waals surface area contributed by atoms with E-state index in [9.17, 15) is 0 Å². The molecule has 3 aromatic rings. The average molecular weight is 341 g/mol. The standard InChI is InChI=1S/C21H25N2.ClH/c1-3-20(18-11-7-5-8-12-18)22-15-16-23(17-22)21(4-2)19-13-9-6-10-14-19;/h5-17,20-21H,3-4H2,1-2H3;1H/q+1;/p-1. The van der Waals surface area contributed by atoms with Crippen LogP contribution in [0.4, 0.5) is 0 Å². The molecule has 126 valence electrons. The summed E-state index contributed by atoms with van der Waals surface area (Å²) in [7, 11) is 0. The molecule has 3 heteroatoms. The molecule has 2 aromatic carbocycles. The van der Waals surface area contributed by atoms with Crippen LogP contribution in [-0.2, 0) is 0 Å². The van der Waals surface area contributed by atoms with Crippen molar-refractivity contribution in [2.24, 2.45) is 0 Å². The van der Waals surface area contributed by atoms with Gasteiger partial charge in [-0.1, -0.05) is 74.5 Å². The van der Waals surface area contributed by atoms with Crippen LogP contribution in [0.1, 0.15) is 49.9 Å². The summed E-state index contributed by atoms with van der Waals surface area (Å²) in [5.74, 6) is 0. The van der Waals surface area contributed by atoms with E-state index in [0.29, 0.717) is 12.1 Å². The molecule has 0 aliphatic heterocycles. The molecule has 0 aliphatic rings. The maximum atomic E-state index is 2.33. The molecule has 0 aliphatic carbocycles. The lowest BCUT2D eigenvalue weighted by atomic mass is 10.0. The predicted octanol–water partition coefficient (Wildman–Crippen LogP) is 1.78. The zero-order valence-electron chi connectivity index (χ0n) is 14.3. The molecule has 1 heterocycles. The molecule has 0 bridgehead atoms. The zero-order chi connectivity index (χ0) is 16.1. The van der Waals surface area contributed by atoms with Crippen LogP contribution in [0, 0.1) is 0 Å². The number of halogens is 1. The van der Waals surface area contributed by atoms with Crippen molar-refractivity contribution in [3.05, 3.63) is 90.5 Å². The van der Waals surface area contributed by atoms with E-state index in [1.165, 1.54) is 11.1 Å². The van der Waals surface area contributed by atoms with Crippen molar-refractivity contribution < 1.29 is 17.0 Å². The van der Waals surface area contributed by atoms with Gasteiger partial charge in [-0.2, -0.15) is 0 Å². The van der Waals surface area contributed by atoms with Gasteiger partial charge in [0.2, 0.25) is 6.33 Å². The number of rotatable bonds is 6. The Hall–Kier alpha value is -2.06. The molecule has 3 rings (SSSR count). The molecular formula is C21H25ClN2. The first-order chi connectivity index (χ1) is 11.3. The van der Waals surface area contributed by atoms with Crippen LogP contribution < -0.4 is 17.0 Å². The van der Waals surface area contributed by atoms with E-state index in [1.807, 2.05) is 0 Å². The van der Waals surface area contributed by atoms with Gasteiger partial charge < -0.3 is 12.4 Å². The topological polar surface area (TPSA) is 8.81 Å². The van der Waals surface area contributed by atoms with Crippen molar-refractivity contribution in [3.8, 4) is 0 Å². The molecule has 0 N–H and O–H groups in total. The van der Waals surface area contributed by atoms with E-state index in [4.69, 9.17) is 0 Å². The number of hydrogen-bond acceptors (Lipinski definition) is 0. The van der Waals surface area contributed by atoms with Crippen LogP contribution in [0.25, 0.3) is 0 Å². The lowest BCUT2D eigenvalue weighted by Crippen LogP contribution is -3.00. The molecule has 0 saturated carbocycles. The number of aromatic nitrogens is 2. The van der Waals surface area contributed by atoms with Gasteiger partial charge in [-0.15, -0.1) is 0 Å². The number of hydrogen-bond donors (Lipinski definition) is 0. The smallest absolute Gasteiger partial charge is 0.244 e. The zero-order valence-corrected chi connectivity index (χ0v) is 15.1. The van der Waals surface area contributed by atoms with E-state index in [-0.39, 0.29) is 12.4 Å². The third-order valence-corrected chi connectivity index (χ3v) is 4.54. The highest BCUT2D eigenvalue weighted by Gasteiger charge is 2.21. The van der Waals surface area contributed by atoms with Gasteiger partial charge in [0.05, 0.1) is 0 Å². The monoisotopic (exact) mass is 340 g/mol. The minimum absolute atomic E-state index is 0. The quantitative estimate of drug-likeness (QED) is 0.605. The van der Waals surface area contributed by atoms with Gasteiger partial charge in [0, 0.05) is 0 Å². The van der Waals surface area contributed by atoms with Gasteiger partial charge in [0.15, 0.2) is 0 Å². The van der Waals surface area contributed by atoms with Crippen molar-refractivity contribution in [2.75, 3.05) is 0 Å². The fourth-order valence-electron chi connectivity index (χ4n) is 3.34. The van der Waals surface area contributed by atoms with Crippen LogP contribution >= 0.6 is 0 Å². The second kappa shape index (κ2) is 8.70. The Kier molecular flexibility index (Phi) is 6.62. The van der Waals surface area contributed by atoms with Crippen LogP contribution in [0.2, 0.25) is 0 Å². The van der Waals surface area contributed by atoms with Crippen molar-refractivity contribution in [1.82, 2.24) is 4.57 Å². The Morgan fingerprint density at radius 2 is 1.42 bits per heavy atom. The lowest BCUT2D eigenvalue weighted by Gasteiger charge is -2.13. The van der Waals surface area contributed by atoms with Crippen molar-refractivity contribution in [3.63, 3.8) is 0 Å². The van der Waals surface area contributed by atoms with Gasteiger partial charge in [-0.25, -0.2) is 9.13 Å². The van der Waals surface area contributed by atoms with E-state index in [0.717, 1.165) is 12.8 Å². The first kappa shape index (κ1) is 18.3. The van der Waals surface area contributed by atoms with Gasteiger partial charge >= 0.3 is 0 Å². The Balaban J connectivity index is 0.00000208. The fourth-order valence-corrected chi connectivity index (χ4v) is 3.34. The molecule has 0 radical (unpaired) electrons. The van der Waals surface area contributed by atoms with Crippen LogP contribution in [0.15, 0.2) is 79.4 Å². The summed E-state index contributed by atoms with van der Waals surface area (Å²) in [4.78, 5) is 0. The predicted molar refractivity (Wildman–Crippen MR) is 94.4 cm³/mol. The summed E-state index contributed by atoms with van der Waals surface area (Å²) in [5.41, 5.74) is 2.73. The number of imidazole rings is 1. The molecule has 1 aromatic heterocycles. The van der Waals surface area contributed by atoms with Gasteiger partial charge in [-0.05, 0) is 24.0 Å². The molecule has 24 heavy (non-hydrogen) atoms.